The highest BCUT2D eigenvalue weighted by molar-refractivity contribution is 7.99. The average molecular weight is 339 g/mol. The Balaban J connectivity index is 1.57. The van der Waals surface area contributed by atoms with E-state index in [-0.39, 0.29) is 0 Å². The fourth-order valence-electron chi connectivity index (χ4n) is 2.59. The molecule has 124 valence electrons. The Morgan fingerprint density at radius 2 is 1.71 bits per heavy atom. The first-order valence-corrected chi connectivity index (χ1v) is 8.91. The monoisotopic (exact) mass is 339 g/mol. The molecule has 3 rings (SSSR count). The van der Waals surface area contributed by atoms with Gasteiger partial charge in [0.15, 0.2) is 11.0 Å². The van der Waals surface area contributed by atoms with Gasteiger partial charge in [-0.1, -0.05) is 48.2 Å². The second kappa shape index (κ2) is 7.53. The molecule has 0 aliphatic rings. The van der Waals surface area contributed by atoms with Crippen molar-refractivity contribution in [2.45, 2.75) is 19.0 Å². The summed E-state index contributed by atoms with van der Waals surface area (Å²) in [7, 11) is 2.00. The maximum Gasteiger partial charge on any atom is 0.191 e. The van der Waals surface area contributed by atoms with Crippen LogP contribution in [0.1, 0.15) is 11.1 Å². The third-order valence-electron chi connectivity index (χ3n) is 3.65. The van der Waals surface area contributed by atoms with E-state index in [0.29, 0.717) is 6.61 Å². The molecule has 5 heteroatoms. The molecule has 0 aliphatic carbocycles. The standard InChI is InChI=1S/C19H21N3OS/c1-14-11-15(2)13-17(12-14)23-9-10-24-19-21-20-18(22(19)3)16-7-5-4-6-8-16/h4-8,11-13H,9-10H2,1-3H3. The molecule has 1 heterocycles. The topological polar surface area (TPSA) is 39.9 Å². The summed E-state index contributed by atoms with van der Waals surface area (Å²) in [4.78, 5) is 0. The highest BCUT2D eigenvalue weighted by Gasteiger charge is 2.10. The predicted octanol–water partition coefficient (Wildman–Crippen LogP) is 4.27. The van der Waals surface area contributed by atoms with Gasteiger partial charge in [-0.15, -0.1) is 10.2 Å². The molecule has 0 aliphatic heterocycles. The highest BCUT2D eigenvalue weighted by atomic mass is 32.2. The van der Waals surface area contributed by atoms with Crippen LogP contribution in [-0.2, 0) is 7.05 Å². The molecule has 0 unspecified atom stereocenters. The van der Waals surface area contributed by atoms with Crippen LogP contribution in [-0.4, -0.2) is 27.1 Å². The van der Waals surface area contributed by atoms with E-state index in [2.05, 4.69) is 42.2 Å². The van der Waals surface area contributed by atoms with Gasteiger partial charge in [-0.3, -0.25) is 0 Å². The molecule has 0 atom stereocenters. The zero-order valence-corrected chi connectivity index (χ0v) is 15.0. The molecule has 0 amide bonds. The summed E-state index contributed by atoms with van der Waals surface area (Å²) in [5.41, 5.74) is 3.52. The second-order valence-electron chi connectivity index (χ2n) is 5.75. The summed E-state index contributed by atoms with van der Waals surface area (Å²) in [5, 5.41) is 9.48. The van der Waals surface area contributed by atoms with Gasteiger partial charge in [0.1, 0.15) is 5.75 Å². The van der Waals surface area contributed by atoms with Crippen LogP contribution < -0.4 is 4.74 Å². The van der Waals surface area contributed by atoms with E-state index in [1.807, 2.05) is 41.9 Å². The maximum absolute atomic E-state index is 5.84. The van der Waals surface area contributed by atoms with Gasteiger partial charge in [-0.2, -0.15) is 0 Å². The fourth-order valence-corrected chi connectivity index (χ4v) is 3.32. The van der Waals surface area contributed by atoms with Crippen LogP contribution in [0.3, 0.4) is 0 Å². The molecule has 3 aromatic rings. The average Bonchev–Trinajstić information content (AvgIpc) is 2.92. The van der Waals surface area contributed by atoms with Crippen molar-refractivity contribution in [2.75, 3.05) is 12.4 Å². The zero-order valence-electron chi connectivity index (χ0n) is 14.2. The van der Waals surface area contributed by atoms with Crippen molar-refractivity contribution in [2.24, 2.45) is 7.05 Å². The lowest BCUT2D eigenvalue weighted by atomic mass is 10.1. The van der Waals surface area contributed by atoms with Crippen molar-refractivity contribution in [3.63, 3.8) is 0 Å². The second-order valence-corrected chi connectivity index (χ2v) is 6.81. The van der Waals surface area contributed by atoms with E-state index in [0.717, 1.165) is 28.0 Å². The summed E-state index contributed by atoms with van der Waals surface area (Å²) < 4.78 is 7.87. The molecule has 0 saturated carbocycles. The highest BCUT2D eigenvalue weighted by Crippen LogP contribution is 2.22. The van der Waals surface area contributed by atoms with Crippen molar-refractivity contribution in [3.8, 4) is 17.1 Å². The molecule has 4 nitrogen and oxygen atoms in total. The van der Waals surface area contributed by atoms with Crippen LogP contribution >= 0.6 is 11.8 Å². The van der Waals surface area contributed by atoms with Crippen molar-refractivity contribution in [1.82, 2.24) is 14.8 Å². The van der Waals surface area contributed by atoms with Crippen LogP contribution in [0.25, 0.3) is 11.4 Å². The lowest BCUT2D eigenvalue weighted by molar-refractivity contribution is 0.343. The largest absolute Gasteiger partial charge is 0.493 e. The quantitative estimate of drug-likeness (QED) is 0.497. The third kappa shape index (κ3) is 3.97. The SMILES string of the molecule is Cc1cc(C)cc(OCCSc2nnc(-c3ccccc3)n2C)c1. The number of hydrogen-bond donors (Lipinski definition) is 0. The van der Waals surface area contributed by atoms with Crippen molar-refractivity contribution in [1.29, 1.82) is 0 Å². The van der Waals surface area contributed by atoms with Gasteiger partial charge in [0, 0.05) is 18.4 Å². The number of hydrogen-bond acceptors (Lipinski definition) is 4. The Hall–Kier alpha value is -2.27. The third-order valence-corrected chi connectivity index (χ3v) is 4.63. The van der Waals surface area contributed by atoms with Gasteiger partial charge in [0.25, 0.3) is 0 Å². The Morgan fingerprint density at radius 3 is 2.42 bits per heavy atom. The molecule has 2 aromatic carbocycles. The zero-order chi connectivity index (χ0) is 16.9. The van der Waals surface area contributed by atoms with Gasteiger partial charge in [0.05, 0.1) is 6.61 Å². The lowest BCUT2D eigenvalue weighted by Gasteiger charge is -2.08. The van der Waals surface area contributed by atoms with Gasteiger partial charge >= 0.3 is 0 Å². The Morgan fingerprint density at radius 1 is 1.00 bits per heavy atom. The van der Waals surface area contributed by atoms with Crippen LogP contribution in [0.4, 0.5) is 0 Å². The van der Waals surface area contributed by atoms with Crippen LogP contribution in [0.15, 0.2) is 53.7 Å². The summed E-state index contributed by atoms with van der Waals surface area (Å²) >= 11 is 1.65. The molecule has 24 heavy (non-hydrogen) atoms. The number of aryl methyl sites for hydroxylation is 2. The van der Waals surface area contributed by atoms with Gasteiger partial charge < -0.3 is 9.30 Å². The molecular formula is C19H21N3OS. The maximum atomic E-state index is 5.84. The predicted molar refractivity (Wildman–Crippen MR) is 98.6 cm³/mol. The number of nitrogens with zero attached hydrogens (tertiary/aromatic N) is 3. The van der Waals surface area contributed by atoms with E-state index in [4.69, 9.17) is 4.74 Å². The van der Waals surface area contributed by atoms with Crippen LogP contribution in [0.5, 0.6) is 5.75 Å². The van der Waals surface area contributed by atoms with E-state index >= 15 is 0 Å². The first-order valence-electron chi connectivity index (χ1n) is 7.92. The number of rotatable bonds is 6. The summed E-state index contributed by atoms with van der Waals surface area (Å²) in [6, 6.07) is 16.4. The minimum atomic E-state index is 0.640. The summed E-state index contributed by atoms with van der Waals surface area (Å²) in [6.07, 6.45) is 0. The number of ether oxygens (including phenoxy) is 1. The van der Waals surface area contributed by atoms with Gasteiger partial charge in [-0.25, -0.2) is 0 Å². The minimum absolute atomic E-state index is 0.640. The molecule has 0 saturated heterocycles. The normalized spacial score (nSPS) is 10.8. The van der Waals surface area contributed by atoms with Crippen molar-refractivity contribution < 1.29 is 4.74 Å². The smallest absolute Gasteiger partial charge is 0.191 e. The molecule has 0 spiro atoms. The van der Waals surface area contributed by atoms with E-state index in [1.54, 1.807) is 11.8 Å². The summed E-state index contributed by atoms with van der Waals surface area (Å²) in [6.45, 7) is 4.81. The summed E-state index contributed by atoms with van der Waals surface area (Å²) in [5.74, 6) is 2.64. The van der Waals surface area contributed by atoms with Crippen LogP contribution in [0.2, 0.25) is 0 Å². The van der Waals surface area contributed by atoms with E-state index in [1.165, 1.54) is 11.1 Å². The van der Waals surface area contributed by atoms with E-state index in [9.17, 15) is 0 Å². The van der Waals surface area contributed by atoms with Gasteiger partial charge in [-0.05, 0) is 37.1 Å². The lowest BCUT2D eigenvalue weighted by Crippen LogP contribution is -2.02. The minimum Gasteiger partial charge on any atom is -0.493 e. The van der Waals surface area contributed by atoms with Crippen molar-refractivity contribution in [3.05, 3.63) is 59.7 Å². The Labute approximate surface area is 146 Å². The Bertz CT molecular complexity index is 794. The molecular weight excluding hydrogens is 318 g/mol. The first-order chi connectivity index (χ1) is 11.6. The number of benzene rings is 2. The molecule has 0 bridgehead atoms. The van der Waals surface area contributed by atoms with Crippen molar-refractivity contribution >= 4 is 11.8 Å². The number of thioether (sulfide) groups is 1. The van der Waals surface area contributed by atoms with Crippen LogP contribution in [0, 0.1) is 13.8 Å². The molecule has 0 fully saturated rings. The fraction of sp³-hybridized carbons (Fsp3) is 0.263. The first kappa shape index (κ1) is 16.6. The Kier molecular flexibility index (Phi) is 5.20. The van der Waals surface area contributed by atoms with Gasteiger partial charge in [0.2, 0.25) is 0 Å². The molecule has 0 radical (unpaired) electrons. The molecule has 1 aromatic heterocycles. The number of aromatic nitrogens is 3. The molecule has 0 N–H and O–H groups in total. The van der Waals surface area contributed by atoms with E-state index < -0.39 is 0 Å².